The van der Waals surface area contributed by atoms with Crippen LogP contribution in [0.2, 0.25) is 0 Å². The van der Waals surface area contributed by atoms with E-state index in [9.17, 15) is 13.2 Å². The van der Waals surface area contributed by atoms with Gasteiger partial charge in [-0.3, -0.25) is 0 Å². The largest absolute Gasteiger partial charge is 0.360 e. The van der Waals surface area contributed by atoms with Crippen LogP contribution in [0.3, 0.4) is 0 Å². The van der Waals surface area contributed by atoms with Gasteiger partial charge in [0.05, 0.1) is 17.5 Å². The Hall–Kier alpha value is -2.72. The molecule has 2 fully saturated rings. The van der Waals surface area contributed by atoms with Gasteiger partial charge >= 0.3 is 6.03 Å². The van der Waals surface area contributed by atoms with Crippen molar-refractivity contribution in [3.05, 3.63) is 36.3 Å². The van der Waals surface area contributed by atoms with Crippen molar-refractivity contribution in [2.75, 3.05) is 18.8 Å². The van der Waals surface area contributed by atoms with Crippen molar-refractivity contribution in [3.63, 3.8) is 0 Å². The van der Waals surface area contributed by atoms with Gasteiger partial charge in [0.2, 0.25) is 10.0 Å². The summed E-state index contributed by atoms with van der Waals surface area (Å²) in [4.78, 5) is 26.7. The SMILES string of the molecule is NS(=O)(=O)CC1CCCN(C(=O)NC2CCC(c3cc[nH]c4cnc5nccc5c34)CC2)C1. The number of H-pyrrole nitrogens is 1. The number of hydrogen-bond donors (Lipinski definition) is 3. The molecule has 1 aliphatic heterocycles. The Morgan fingerprint density at radius 3 is 2.79 bits per heavy atom. The van der Waals surface area contributed by atoms with Gasteiger partial charge in [0, 0.05) is 42.3 Å². The Balaban J connectivity index is 1.22. The van der Waals surface area contributed by atoms with Gasteiger partial charge < -0.3 is 15.2 Å². The lowest BCUT2D eigenvalue weighted by Gasteiger charge is -2.35. The van der Waals surface area contributed by atoms with E-state index in [4.69, 9.17) is 5.14 Å². The molecule has 9 nitrogen and oxygen atoms in total. The van der Waals surface area contributed by atoms with Gasteiger partial charge in [-0.2, -0.15) is 0 Å². The molecule has 0 aromatic carbocycles. The first-order valence-corrected chi connectivity index (χ1v) is 13.4. The Bertz CT molecular complexity index is 1270. The lowest BCUT2D eigenvalue weighted by Crippen LogP contribution is -2.50. The van der Waals surface area contributed by atoms with Crippen LogP contribution in [0.15, 0.2) is 30.7 Å². The number of piperidine rings is 1. The highest BCUT2D eigenvalue weighted by atomic mass is 32.2. The Morgan fingerprint density at radius 2 is 2.00 bits per heavy atom. The highest BCUT2D eigenvalue weighted by Crippen LogP contribution is 2.38. The normalized spacial score (nSPS) is 24.3. The molecule has 0 spiro atoms. The van der Waals surface area contributed by atoms with E-state index in [0.717, 1.165) is 55.1 Å². The van der Waals surface area contributed by atoms with Crippen LogP contribution in [0, 0.1) is 5.92 Å². The number of carbonyl (C=O) groups excluding carboxylic acids is 1. The molecule has 33 heavy (non-hydrogen) atoms. The van der Waals surface area contributed by atoms with Crippen LogP contribution < -0.4 is 10.5 Å². The molecule has 3 aromatic rings. The molecule has 1 aliphatic carbocycles. The number of aromatic amines is 1. The highest BCUT2D eigenvalue weighted by molar-refractivity contribution is 7.89. The first-order chi connectivity index (χ1) is 15.9. The van der Waals surface area contributed by atoms with E-state index in [1.165, 1.54) is 10.9 Å². The fraction of sp³-hybridized carbons (Fsp3) is 0.522. The van der Waals surface area contributed by atoms with Gasteiger partial charge in [0.15, 0.2) is 5.65 Å². The van der Waals surface area contributed by atoms with Crippen LogP contribution in [0.5, 0.6) is 0 Å². The Morgan fingerprint density at radius 1 is 1.18 bits per heavy atom. The molecule has 2 aliphatic rings. The number of rotatable bonds is 4. The van der Waals surface area contributed by atoms with Crippen molar-refractivity contribution in [1.82, 2.24) is 25.2 Å². The van der Waals surface area contributed by atoms with E-state index >= 15 is 0 Å². The number of amides is 2. The first-order valence-electron chi connectivity index (χ1n) is 11.6. The molecule has 2 amide bonds. The average Bonchev–Trinajstić information content (AvgIpc) is 3.27. The number of primary sulfonamides is 1. The van der Waals surface area contributed by atoms with Crippen LogP contribution >= 0.6 is 0 Å². The van der Waals surface area contributed by atoms with Crippen molar-refractivity contribution in [2.45, 2.75) is 50.5 Å². The molecule has 4 N–H and O–H groups in total. The number of nitrogens with zero attached hydrogens (tertiary/aromatic N) is 3. The first kappa shape index (κ1) is 22.1. The van der Waals surface area contributed by atoms with Crippen molar-refractivity contribution in [2.24, 2.45) is 11.1 Å². The van der Waals surface area contributed by atoms with Crippen LogP contribution in [-0.2, 0) is 10.0 Å². The van der Waals surface area contributed by atoms with Crippen LogP contribution in [0.4, 0.5) is 4.79 Å². The van der Waals surface area contributed by atoms with Crippen LogP contribution in [-0.4, -0.2) is 59.2 Å². The summed E-state index contributed by atoms with van der Waals surface area (Å²) in [5.74, 6) is 0.270. The number of nitrogens with two attached hydrogens (primary N) is 1. The number of fused-ring (bicyclic) bond motifs is 3. The summed E-state index contributed by atoms with van der Waals surface area (Å²) in [6.07, 6.45) is 11.0. The summed E-state index contributed by atoms with van der Waals surface area (Å²) in [6.45, 7) is 1.11. The summed E-state index contributed by atoms with van der Waals surface area (Å²) in [7, 11) is -3.53. The number of pyridine rings is 2. The number of carbonyl (C=O) groups is 1. The predicted molar refractivity (Wildman–Crippen MR) is 127 cm³/mol. The quantitative estimate of drug-likeness (QED) is 0.539. The maximum absolute atomic E-state index is 12.8. The number of aromatic nitrogens is 3. The minimum absolute atomic E-state index is 0.0635. The minimum atomic E-state index is -3.53. The second-order valence-electron chi connectivity index (χ2n) is 9.44. The molecule has 10 heteroatoms. The number of likely N-dealkylation sites (tertiary alicyclic amines) is 1. The summed E-state index contributed by atoms with van der Waals surface area (Å²) in [6, 6.07) is 4.23. The lowest BCUT2D eigenvalue weighted by atomic mass is 9.80. The Labute approximate surface area is 193 Å². The van der Waals surface area contributed by atoms with Gasteiger partial charge in [-0.25, -0.2) is 28.3 Å². The molecule has 1 saturated carbocycles. The lowest BCUT2D eigenvalue weighted by molar-refractivity contribution is 0.163. The topological polar surface area (TPSA) is 134 Å². The van der Waals surface area contributed by atoms with Gasteiger partial charge in [-0.1, -0.05) is 0 Å². The Kier molecular flexibility index (Phi) is 5.96. The fourth-order valence-electron chi connectivity index (χ4n) is 5.55. The molecular weight excluding hydrogens is 440 g/mol. The zero-order chi connectivity index (χ0) is 23.0. The maximum Gasteiger partial charge on any atom is 0.317 e. The monoisotopic (exact) mass is 470 g/mol. The highest BCUT2D eigenvalue weighted by Gasteiger charge is 2.29. The van der Waals surface area contributed by atoms with E-state index in [-0.39, 0.29) is 23.7 Å². The average molecular weight is 471 g/mol. The fourth-order valence-corrected chi connectivity index (χ4v) is 6.48. The zero-order valence-electron chi connectivity index (χ0n) is 18.5. The third-order valence-electron chi connectivity index (χ3n) is 7.09. The van der Waals surface area contributed by atoms with E-state index in [1.807, 2.05) is 18.5 Å². The standard InChI is InChI=1S/C23H30N6O3S/c24-33(31,32)14-15-2-1-11-29(13-15)23(30)28-17-5-3-16(4-6-17)18-7-9-25-20-12-27-22-19(21(18)20)8-10-26-22/h7-10,12,15-17,25H,1-6,11,13-14H2,(H,28,30)(H2,24,31,32). The molecule has 1 atom stereocenters. The minimum Gasteiger partial charge on any atom is -0.360 e. The second kappa shape index (κ2) is 8.90. The number of hydrogen-bond acceptors (Lipinski definition) is 5. The van der Waals surface area contributed by atoms with Gasteiger partial charge in [0.1, 0.15) is 0 Å². The predicted octanol–water partition coefficient (Wildman–Crippen LogP) is 2.85. The van der Waals surface area contributed by atoms with Gasteiger partial charge in [-0.05, 0) is 68.1 Å². The van der Waals surface area contributed by atoms with Crippen molar-refractivity contribution < 1.29 is 13.2 Å². The molecule has 1 unspecified atom stereocenters. The van der Waals surface area contributed by atoms with Crippen molar-refractivity contribution in [1.29, 1.82) is 0 Å². The summed E-state index contributed by atoms with van der Waals surface area (Å²) < 4.78 is 22.9. The third kappa shape index (κ3) is 4.81. The molecule has 5 rings (SSSR count). The van der Waals surface area contributed by atoms with E-state index < -0.39 is 10.0 Å². The van der Waals surface area contributed by atoms with E-state index in [0.29, 0.717) is 19.0 Å². The number of urea groups is 1. The van der Waals surface area contributed by atoms with Crippen LogP contribution in [0.25, 0.3) is 21.9 Å². The summed E-state index contributed by atoms with van der Waals surface area (Å²) >= 11 is 0. The van der Waals surface area contributed by atoms with Gasteiger partial charge in [-0.15, -0.1) is 0 Å². The van der Waals surface area contributed by atoms with E-state index in [1.54, 1.807) is 11.1 Å². The molecule has 1 saturated heterocycles. The number of sulfonamides is 1. The van der Waals surface area contributed by atoms with Crippen LogP contribution in [0.1, 0.15) is 50.0 Å². The molecule has 4 heterocycles. The summed E-state index contributed by atoms with van der Waals surface area (Å²) in [5.41, 5.74) is 3.10. The second-order valence-corrected chi connectivity index (χ2v) is 11.1. The smallest absolute Gasteiger partial charge is 0.317 e. The molecule has 0 bridgehead atoms. The number of nitrogens with one attached hydrogen (secondary N) is 2. The maximum atomic E-state index is 12.8. The zero-order valence-corrected chi connectivity index (χ0v) is 19.4. The van der Waals surface area contributed by atoms with Crippen molar-refractivity contribution >= 4 is 38.0 Å². The molecule has 3 aromatic heterocycles. The molecule has 176 valence electrons. The molecule has 0 radical (unpaired) electrons. The molecular formula is C23H30N6O3S. The van der Waals surface area contributed by atoms with E-state index in [2.05, 4.69) is 26.3 Å². The summed E-state index contributed by atoms with van der Waals surface area (Å²) in [5, 5.41) is 10.7. The van der Waals surface area contributed by atoms with Gasteiger partial charge in [0.25, 0.3) is 0 Å². The van der Waals surface area contributed by atoms with Crippen molar-refractivity contribution in [3.8, 4) is 0 Å². The third-order valence-corrected chi connectivity index (χ3v) is 8.03.